The molecule has 0 aliphatic rings. The van der Waals surface area contributed by atoms with Gasteiger partial charge in [0.05, 0.1) is 13.2 Å². The molecule has 3 nitrogen and oxygen atoms in total. The highest BCUT2D eigenvalue weighted by Crippen LogP contribution is 2.28. The Morgan fingerprint density at radius 2 is 1.89 bits per heavy atom. The van der Waals surface area contributed by atoms with E-state index in [4.69, 9.17) is 22.2 Å². The lowest BCUT2D eigenvalue weighted by molar-refractivity contribution is 0.410. The van der Waals surface area contributed by atoms with Gasteiger partial charge in [-0.15, -0.1) is 0 Å². The summed E-state index contributed by atoms with van der Waals surface area (Å²) in [5.74, 6) is 6.53. The van der Waals surface area contributed by atoms with E-state index in [1.807, 2.05) is 49.4 Å². The van der Waals surface area contributed by atoms with Crippen molar-refractivity contribution >= 4 is 11.6 Å². The summed E-state index contributed by atoms with van der Waals surface area (Å²) in [4.78, 5) is 0. The van der Waals surface area contributed by atoms with E-state index in [-0.39, 0.29) is 6.04 Å². The Morgan fingerprint density at radius 3 is 2.53 bits per heavy atom. The molecule has 0 aromatic heterocycles. The molecular formula is C15H17ClN2O. The van der Waals surface area contributed by atoms with Crippen LogP contribution in [0, 0.1) is 6.92 Å². The zero-order valence-electron chi connectivity index (χ0n) is 11.0. The molecular weight excluding hydrogens is 260 g/mol. The van der Waals surface area contributed by atoms with E-state index in [1.165, 1.54) is 0 Å². The van der Waals surface area contributed by atoms with Crippen molar-refractivity contribution in [2.75, 3.05) is 7.11 Å². The van der Waals surface area contributed by atoms with E-state index in [0.717, 1.165) is 22.4 Å². The lowest BCUT2D eigenvalue weighted by atomic mass is 9.98. The van der Waals surface area contributed by atoms with Crippen LogP contribution in [0.25, 0.3) is 0 Å². The Morgan fingerprint density at radius 1 is 1.16 bits per heavy atom. The molecule has 19 heavy (non-hydrogen) atoms. The minimum Gasteiger partial charge on any atom is -0.496 e. The van der Waals surface area contributed by atoms with Crippen LogP contribution in [-0.4, -0.2) is 7.11 Å². The molecule has 0 aliphatic carbocycles. The molecule has 0 spiro atoms. The van der Waals surface area contributed by atoms with Crippen molar-refractivity contribution in [1.29, 1.82) is 0 Å². The van der Waals surface area contributed by atoms with E-state index in [1.54, 1.807) is 7.11 Å². The van der Waals surface area contributed by atoms with Gasteiger partial charge in [0.25, 0.3) is 0 Å². The predicted octanol–water partition coefficient (Wildman–Crippen LogP) is 3.21. The fraction of sp³-hybridized carbons (Fsp3) is 0.200. The van der Waals surface area contributed by atoms with Gasteiger partial charge in [-0.1, -0.05) is 35.9 Å². The maximum absolute atomic E-state index is 6.02. The van der Waals surface area contributed by atoms with Crippen LogP contribution in [0.2, 0.25) is 5.02 Å². The summed E-state index contributed by atoms with van der Waals surface area (Å²) in [6.07, 6.45) is 0. The molecule has 0 radical (unpaired) electrons. The van der Waals surface area contributed by atoms with Crippen molar-refractivity contribution in [2.45, 2.75) is 13.0 Å². The second-order valence-electron chi connectivity index (χ2n) is 4.38. The van der Waals surface area contributed by atoms with E-state index in [0.29, 0.717) is 5.02 Å². The van der Waals surface area contributed by atoms with Gasteiger partial charge in [0.1, 0.15) is 5.75 Å². The third-order valence-corrected chi connectivity index (χ3v) is 3.35. The summed E-state index contributed by atoms with van der Waals surface area (Å²) < 4.78 is 5.35. The predicted molar refractivity (Wildman–Crippen MR) is 78.3 cm³/mol. The molecule has 2 aromatic carbocycles. The van der Waals surface area contributed by atoms with Crippen LogP contribution in [0.3, 0.4) is 0 Å². The van der Waals surface area contributed by atoms with Gasteiger partial charge in [-0.05, 0) is 41.8 Å². The molecule has 2 aromatic rings. The number of hydrogen-bond donors (Lipinski definition) is 2. The van der Waals surface area contributed by atoms with Crippen molar-refractivity contribution in [3.05, 3.63) is 64.2 Å². The largest absolute Gasteiger partial charge is 0.496 e. The van der Waals surface area contributed by atoms with E-state index >= 15 is 0 Å². The molecule has 0 bridgehead atoms. The van der Waals surface area contributed by atoms with E-state index < -0.39 is 0 Å². The summed E-state index contributed by atoms with van der Waals surface area (Å²) in [6.45, 7) is 2.01. The van der Waals surface area contributed by atoms with Crippen molar-refractivity contribution in [3.8, 4) is 5.75 Å². The first-order valence-corrected chi connectivity index (χ1v) is 6.39. The van der Waals surface area contributed by atoms with Gasteiger partial charge in [0.15, 0.2) is 0 Å². The first kappa shape index (κ1) is 13.9. The van der Waals surface area contributed by atoms with Crippen molar-refractivity contribution in [2.24, 2.45) is 5.84 Å². The number of nitrogens with two attached hydrogens (primary N) is 1. The number of methoxy groups -OCH3 is 1. The van der Waals surface area contributed by atoms with Gasteiger partial charge in [0, 0.05) is 5.02 Å². The van der Waals surface area contributed by atoms with Crippen LogP contribution in [0.4, 0.5) is 0 Å². The van der Waals surface area contributed by atoms with Crippen LogP contribution < -0.4 is 16.0 Å². The Balaban J connectivity index is 2.42. The molecule has 0 saturated carbocycles. The summed E-state index contributed by atoms with van der Waals surface area (Å²) >= 11 is 6.02. The van der Waals surface area contributed by atoms with Crippen molar-refractivity contribution in [3.63, 3.8) is 0 Å². The quantitative estimate of drug-likeness (QED) is 0.666. The first-order chi connectivity index (χ1) is 9.15. The number of benzene rings is 2. The molecule has 1 unspecified atom stereocenters. The van der Waals surface area contributed by atoms with Gasteiger partial charge in [0.2, 0.25) is 0 Å². The molecule has 100 valence electrons. The van der Waals surface area contributed by atoms with Gasteiger partial charge in [-0.25, -0.2) is 5.43 Å². The Hall–Kier alpha value is -1.55. The van der Waals surface area contributed by atoms with Crippen LogP contribution in [-0.2, 0) is 0 Å². The second kappa shape index (κ2) is 6.06. The van der Waals surface area contributed by atoms with Crippen LogP contribution in [0.15, 0.2) is 42.5 Å². The molecule has 0 amide bonds. The smallest absolute Gasteiger partial charge is 0.122 e. The number of hydrogen-bond acceptors (Lipinski definition) is 3. The highest BCUT2D eigenvalue weighted by molar-refractivity contribution is 6.30. The third-order valence-electron chi connectivity index (χ3n) is 3.11. The highest BCUT2D eigenvalue weighted by Gasteiger charge is 2.14. The van der Waals surface area contributed by atoms with Gasteiger partial charge in [-0.2, -0.15) is 0 Å². The average Bonchev–Trinajstić information content (AvgIpc) is 2.41. The Bertz CT molecular complexity index is 572. The number of nitrogens with one attached hydrogen (secondary N) is 1. The minimum atomic E-state index is -0.117. The molecule has 0 aliphatic heterocycles. The molecule has 3 N–H and O–H groups in total. The molecule has 4 heteroatoms. The Labute approximate surface area is 118 Å². The van der Waals surface area contributed by atoms with Crippen molar-refractivity contribution in [1.82, 2.24) is 5.43 Å². The summed E-state index contributed by atoms with van der Waals surface area (Å²) in [5, 5.41) is 0.692. The standard InChI is InChI=1S/C15H17ClN2O/c1-10-6-7-12(9-14(10)19-2)15(18-17)11-4-3-5-13(16)8-11/h3-9,15,18H,17H2,1-2H3. The maximum Gasteiger partial charge on any atom is 0.122 e. The monoisotopic (exact) mass is 276 g/mol. The molecule has 2 rings (SSSR count). The van der Waals surface area contributed by atoms with Gasteiger partial charge >= 0.3 is 0 Å². The normalized spacial score (nSPS) is 12.2. The second-order valence-corrected chi connectivity index (χ2v) is 4.82. The Kier molecular flexibility index (Phi) is 4.43. The highest BCUT2D eigenvalue weighted by atomic mass is 35.5. The summed E-state index contributed by atoms with van der Waals surface area (Å²) in [7, 11) is 1.66. The number of ether oxygens (including phenoxy) is 1. The van der Waals surface area contributed by atoms with E-state index in [2.05, 4.69) is 5.43 Å². The maximum atomic E-state index is 6.02. The molecule has 0 saturated heterocycles. The minimum absolute atomic E-state index is 0.117. The van der Waals surface area contributed by atoms with Crippen molar-refractivity contribution < 1.29 is 4.74 Å². The lowest BCUT2D eigenvalue weighted by Gasteiger charge is -2.18. The van der Waals surface area contributed by atoms with Gasteiger partial charge in [-0.3, -0.25) is 5.84 Å². The SMILES string of the molecule is COc1cc(C(NN)c2cccc(Cl)c2)ccc1C. The lowest BCUT2D eigenvalue weighted by Crippen LogP contribution is -2.28. The molecule has 1 atom stereocenters. The van der Waals surface area contributed by atoms with Crippen LogP contribution >= 0.6 is 11.6 Å². The zero-order chi connectivity index (χ0) is 13.8. The number of aryl methyl sites for hydroxylation is 1. The third kappa shape index (κ3) is 3.07. The summed E-state index contributed by atoms with van der Waals surface area (Å²) in [5.41, 5.74) is 5.96. The van der Waals surface area contributed by atoms with E-state index in [9.17, 15) is 0 Å². The fourth-order valence-corrected chi connectivity index (χ4v) is 2.29. The fourth-order valence-electron chi connectivity index (χ4n) is 2.09. The number of rotatable bonds is 4. The molecule has 0 fully saturated rings. The zero-order valence-corrected chi connectivity index (χ0v) is 11.7. The number of hydrazine groups is 1. The number of halogens is 1. The first-order valence-electron chi connectivity index (χ1n) is 6.02. The molecule has 0 heterocycles. The summed E-state index contributed by atoms with van der Waals surface area (Å²) in [6, 6.07) is 13.6. The van der Waals surface area contributed by atoms with Crippen LogP contribution in [0.5, 0.6) is 5.75 Å². The topological polar surface area (TPSA) is 47.3 Å². The average molecular weight is 277 g/mol. The van der Waals surface area contributed by atoms with Gasteiger partial charge < -0.3 is 4.74 Å². The van der Waals surface area contributed by atoms with Crippen LogP contribution in [0.1, 0.15) is 22.7 Å².